The standard InChI is InChI=1S/C14H12BrIN2O2S/c1-14(2,3)20-13(19)18-12-5-4-9(15)8-10(12)11(17-18)6-7-21-16/h4-5,8H,1-3H3. The van der Waals surface area contributed by atoms with E-state index in [-0.39, 0.29) is 0 Å². The predicted molar refractivity (Wildman–Crippen MR) is 97.6 cm³/mol. The van der Waals surface area contributed by atoms with Crippen molar-refractivity contribution in [3.05, 3.63) is 28.4 Å². The zero-order valence-electron chi connectivity index (χ0n) is 11.6. The van der Waals surface area contributed by atoms with Crippen LogP contribution in [0.1, 0.15) is 26.5 Å². The van der Waals surface area contributed by atoms with Crippen LogP contribution in [0.25, 0.3) is 10.9 Å². The van der Waals surface area contributed by atoms with Gasteiger partial charge >= 0.3 is 6.09 Å². The van der Waals surface area contributed by atoms with Crippen molar-refractivity contribution in [3.8, 4) is 11.2 Å². The van der Waals surface area contributed by atoms with Gasteiger partial charge in [0.15, 0.2) is 0 Å². The van der Waals surface area contributed by atoms with Crippen molar-refractivity contribution in [1.82, 2.24) is 9.78 Å². The molecule has 0 saturated carbocycles. The molecule has 21 heavy (non-hydrogen) atoms. The Morgan fingerprint density at radius 1 is 1.48 bits per heavy atom. The molecule has 0 aliphatic rings. The first kappa shape index (κ1) is 16.6. The Kier molecular flexibility index (Phi) is 5.22. The average Bonchev–Trinajstić information content (AvgIpc) is 2.72. The highest BCUT2D eigenvalue weighted by atomic mass is 127. The lowest BCUT2D eigenvalue weighted by molar-refractivity contribution is 0.0522. The summed E-state index contributed by atoms with van der Waals surface area (Å²) >= 11 is 5.51. The van der Waals surface area contributed by atoms with Gasteiger partial charge < -0.3 is 4.74 Å². The van der Waals surface area contributed by atoms with Gasteiger partial charge in [0.1, 0.15) is 11.3 Å². The minimum atomic E-state index is -0.575. The quantitative estimate of drug-likeness (QED) is 0.396. The summed E-state index contributed by atoms with van der Waals surface area (Å²) in [6, 6.07) is 5.57. The Hall–Kier alpha value is -0.720. The fourth-order valence-corrected chi connectivity index (χ4v) is 2.52. The van der Waals surface area contributed by atoms with Gasteiger partial charge in [-0.25, -0.2) is 4.79 Å². The predicted octanol–water partition coefficient (Wildman–Crippen LogP) is 4.97. The number of carbonyl (C=O) groups is 1. The van der Waals surface area contributed by atoms with E-state index in [1.54, 1.807) is 0 Å². The van der Waals surface area contributed by atoms with Gasteiger partial charge in [-0.1, -0.05) is 15.9 Å². The van der Waals surface area contributed by atoms with E-state index in [1.165, 1.54) is 13.6 Å². The molecule has 2 rings (SSSR count). The topological polar surface area (TPSA) is 44.1 Å². The lowest BCUT2D eigenvalue weighted by Gasteiger charge is -2.19. The van der Waals surface area contributed by atoms with Gasteiger partial charge in [0.2, 0.25) is 0 Å². The number of benzene rings is 1. The second-order valence-corrected chi connectivity index (χ2v) is 7.80. The van der Waals surface area contributed by atoms with E-state index >= 15 is 0 Å². The van der Waals surface area contributed by atoms with E-state index < -0.39 is 11.7 Å². The Bertz CT molecular complexity index is 756. The van der Waals surface area contributed by atoms with Crippen molar-refractivity contribution in [2.24, 2.45) is 0 Å². The fraction of sp³-hybridized carbons (Fsp3) is 0.286. The van der Waals surface area contributed by atoms with Gasteiger partial charge in [0.05, 0.1) is 5.52 Å². The molecule has 0 unspecified atom stereocenters. The Balaban J connectivity index is 2.57. The molecule has 1 heterocycles. The summed E-state index contributed by atoms with van der Waals surface area (Å²) < 4.78 is 7.54. The smallest absolute Gasteiger partial charge is 0.435 e. The Morgan fingerprint density at radius 3 is 2.81 bits per heavy atom. The largest absolute Gasteiger partial charge is 0.442 e. The molecule has 110 valence electrons. The molecule has 4 nitrogen and oxygen atoms in total. The molecule has 1 aromatic carbocycles. The van der Waals surface area contributed by atoms with Crippen molar-refractivity contribution in [1.29, 1.82) is 0 Å². The second kappa shape index (κ2) is 6.58. The highest BCUT2D eigenvalue weighted by molar-refractivity contribution is 14.2. The molecule has 0 N–H and O–H groups in total. The van der Waals surface area contributed by atoms with Gasteiger partial charge in [-0.15, -0.1) is 0 Å². The van der Waals surface area contributed by atoms with Gasteiger partial charge in [-0.05, 0) is 59.1 Å². The first-order valence-electron chi connectivity index (χ1n) is 6.02. The molecule has 0 saturated heterocycles. The summed E-state index contributed by atoms with van der Waals surface area (Å²) in [5.74, 6) is 2.95. The Labute approximate surface area is 147 Å². The first-order chi connectivity index (χ1) is 9.81. The lowest BCUT2D eigenvalue weighted by Crippen LogP contribution is -2.27. The van der Waals surface area contributed by atoms with Crippen molar-refractivity contribution in [2.75, 3.05) is 0 Å². The van der Waals surface area contributed by atoms with E-state index in [1.807, 2.05) is 39.0 Å². The van der Waals surface area contributed by atoms with Crippen molar-refractivity contribution in [3.63, 3.8) is 0 Å². The maximum Gasteiger partial charge on any atom is 0.435 e. The van der Waals surface area contributed by atoms with Crippen LogP contribution in [0, 0.1) is 11.2 Å². The molecule has 0 atom stereocenters. The van der Waals surface area contributed by atoms with Crippen LogP contribution < -0.4 is 0 Å². The van der Waals surface area contributed by atoms with E-state index in [4.69, 9.17) is 4.74 Å². The summed E-state index contributed by atoms with van der Waals surface area (Å²) in [5.41, 5.74) is 0.658. The third kappa shape index (κ3) is 4.14. The van der Waals surface area contributed by atoms with E-state index in [0.717, 1.165) is 9.86 Å². The maximum absolute atomic E-state index is 12.3. The second-order valence-electron chi connectivity index (χ2n) is 5.21. The molecule has 0 aliphatic heterocycles. The molecule has 0 fully saturated rings. The minimum absolute atomic E-state index is 0.509. The normalized spacial score (nSPS) is 11.1. The number of rotatable bonds is 0. The number of carbonyl (C=O) groups excluding carboxylic acids is 1. The number of nitrogens with zero attached hydrogens (tertiary/aromatic N) is 2. The molecule has 1 aromatic heterocycles. The number of ether oxygens (including phenoxy) is 1. The summed E-state index contributed by atoms with van der Waals surface area (Å²) in [6.07, 6.45) is -0.509. The van der Waals surface area contributed by atoms with Gasteiger partial charge in [0.25, 0.3) is 0 Å². The molecule has 0 spiro atoms. The molecule has 2 aromatic rings. The van der Waals surface area contributed by atoms with Crippen LogP contribution in [0.15, 0.2) is 22.7 Å². The molecule has 0 radical (unpaired) electrons. The third-order valence-corrected chi connectivity index (χ3v) is 3.75. The van der Waals surface area contributed by atoms with Crippen molar-refractivity contribution in [2.45, 2.75) is 26.4 Å². The molecular weight excluding hydrogens is 467 g/mol. The molecule has 7 heteroatoms. The van der Waals surface area contributed by atoms with Gasteiger partial charge in [0, 0.05) is 31.1 Å². The number of halogens is 2. The first-order valence-corrected chi connectivity index (χ1v) is 10.2. The molecule has 0 aliphatic carbocycles. The zero-order chi connectivity index (χ0) is 15.6. The highest BCUT2D eigenvalue weighted by Gasteiger charge is 2.21. The molecule has 0 amide bonds. The van der Waals surface area contributed by atoms with Crippen LogP contribution in [0.4, 0.5) is 4.79 Å². The van der Waals surface area contributed by atoms with Crippen LogP contribution in [0.5, 0.6) is 0 Å². The number of hydrogen-bond donors (Lipinski definition) is 0. The van der Waals surface area contributed by atoms with Gasteiger partial charge in [-0.3, -0.25) is 0 Å². The number of fused-ring (bicyclic) bond motifs is 1. The van der Waals surface area contributed by atoms with Crippen molar-refractivity contribution >= 4 is 63.1 Å². The van der Waals surface area contributed by atoms with Crippen LogP contribution in [-0.4, -0.2) is 21.5 Å². The monoisotopic (exact) mass is 478 g/mol. The van der Waals surface area contributed by atoms with E-state index in [9.17, 15) is 4.79 Å². The summed E-state index contributed by atoms with van der Waals surface area (Å²) in [6.45, 7) is 5.46. The lowest BCUT2D eigenvalue weighted by atomic mass is 10.2. The van der Waals surface area contributed by atoms with Crippen LogP contribution in [0.2, 0.25) is 0 Å². The van der Waals surface area contributed by atoms with Crippen LogP contribution in [-0.2, 0) is 4.74 Å². The highest BCUT2D eigenvalue weighted by Crippen LogP contribution is 2.24. The summed E-state index contributed by atoms with van der Waals surface area (Å²) in [4.78, 5) is 12.3. The van der Waals surface area contributed by atoms with E-state index in [2.05, 4.69) is 53.4 Å². The Morgan fingerprint density at radius 2 is 2.19 bits per heavy atom. The van der Waals surface area contributed by atoms with Gasteiger partial charge in [-0.2, -0.15) is 9.78 Å². The zero-order valence-corrected chi connectivity index (χ0v) is 16.2. The molecular formula is C14H12BrIN2O2S. The maximum atomic E-state index is 12.3. The minimum Gasteiger partial charge on any atom is -0.442 e. The fourth-order valence-electron chi connectivity index (χ4n) is 1.69. The number of aromatic nitrogens is 2. The number of hydrogen-bond acceptors (Lipinski definition) is 4. The molecule has 0 bridgehead atoms. The summed E-state index contributed by atoms with van der Waals surface area (Å²) in [7, 11) is 1.37. The summed E-state index contributed by atoms with van der Waals surface area (Å²) in [5, 5.41) is 7.98. The average molecular weight is 479 g/mol. The SMILES string of the molecule is CC(C)(C)OC(=O)n1nc(C#CSI)c2cc(Br)ccc21. The van der Waals surface area contributed by atoms with Crippen molar-refractivity contribution < 1.29 is 9.53 Å². The van der Waals surface area contributed by atoms with E-state index in [0.29, 0.717) is 11.2 Å². The van der Waals surface area contributed by atoms with Crippen LogP contribution >= 0.6 is 46.1 Å². The third-order valence-electron chi connectivity index (χ3n) is 2.42. The van der Waals surface area contributed by atoms with Crippen LogP contribution in [0.3, 0.4) is 0 Å².